The van der Waals surface area contributed by atoms with Crippen molar-refractivity contribution in [2.75, 3.05) is 12.4 Å². The standard InChI is InChI=1S/C9H12N2/c1-10-9-6-5-7-3-2-4-8(7)11-9/h5-6H,2-4H2,1H3,(H,10,11). The van der Waals surface area contributed by atoms with Gasteiger partial charge in [-0.3, -0.25) is 0 Å². The molecule has 11 heavy (non-hydrogen) atoms. The Hall–Kier alpha value is -1.05. The van der Waals surface area contributed by atoms with E-state index in [1.165, 1.54) is 24.1 Å². The van der Waals surface area contributed by atoms with Crippen LogP contribution in [0.5, 0.6) is 0 Å². The van der Waals surface area contributed by atoms with Gasteiger partial charge in [0.1, 0.15) is 5.82 Å². The van der Waals surface area contributed by atoms with E-state index in [0.717, 1.165) is 12.2 Å². The van der Waals surface area contributed by atoms with Crippen LogP contribution in [0.15, 0.2) is 12.1 Å². The molecular formula is C9H12N2. The summed E-state index contributed by atoms with van der Waals surface area (Å²) >= 11 is 0. The monoisotopic (exact) mass is 148 g/mol. The van der Waals surface area contributed by atoms with E-state index in [4.69, 9.17) is 0 Å². The van der Waals surface area contributed by atoms with Crippen LogP contribution in [0.2, 0.25) is 0 Å². The van der Waals surface area contributed by atoms with Crippen LogP contribution in [-0.2, 0) is 12.8 Å². The van der Waals surface area contributed by atoms with Gasteiger partial charge in [0.15, 0.2) is 0 Å². The predicted molar refractivity (Wildman–Crippen MR) is 45.8 cm³/mol. The first kappa shape index (κ1) is 6.65. The molecule has 0 bridgehead atoms. The molecule has 0 fully saturated rings. The maximum atomic E-state index is 4.46. The molecule has 0 spiro atoms. The van der Waals surface area contributed by atoms with E-state index in [-0.39, 0.29) is 0 Å². The lowest BCUT2D eigenvalue weighted by atomic mass is 10.2. The van der Waals surface area contributed by atoms with Crippen LogP contribution in [-0.4, -0.2) is 12.0 Å². The minimum Gasteiger partial charge on any atom is -0.373 e. The summed E-state index contributed by atoms with van der Waals surface area (Å²) in [6, 6.07) is 4.23. The molecule has 0 unspecified atom stereocenters. The van der Waals surface area contributed by atoms with Gasteiger partial charge < -0.3 is 5.32 Å². The Balaban J connectivity index is 2.41. The third-order valence-electron chi connectivity index (χ3n) is 2.18. The van der Waals surface area contributed by atoms with Crippen molar-refractivity contribution in [3.05, 3.63) is 23.4 Å². The van der Waals surface area contributed by atoms with Gasteiger partial charge >= 0.3 is 0 Å². The minimum absolute atomic E-state index is 0.991. The van der Waals surface area contributed by atoms with Gasteiger partial charge in [-0.2, -0.15) is 0 Å². The molecule has 1 aliphatic carbocycles. The van der Waals surface area contributed by atoms with Crippen LogP contribution < -0.4 is 5.32 Å². The molecule has 1 aliphatic rings. The van der Waals surface area contributed by atoms with Gasteiger partial charge in [0, 0.05) is 12.7 Å². The molecule has 0 radical (unpaired) electrons. The summed E-state index contributed by atoms with van der Waals surface area (Å²) < 4.78 is 0. The van der Waals surface area contributed by atoms with Gasteiger partial charge in [-0.15, -0.1) is 0 Å². The summed E-state index contributed by atoms with van der Waals surface area (Å²) in [5.74, 6) is 0.991. The van der Waals surface area contributed by atoms with Crippen LogP contribution in [0, 0.1) is 0 Å². The highest BCUT2D eigenvalue weighted by atomic mass is 15.0. The fourth-order valence-corrected chi connectivity index (χ4v) is 1.56. The molecule has 2 rings (SSSR count). The highest BCUT2D eigenvalue weighted by molar-refractivity contribution is 5.39. The van der Waals surface area contributed by atoms with Crippen molar-refractivity contribution < 1.29 is 0 Å². The summed E-state index contributed by atoms with van der Waals surface area (Å²) in [5, 5.41) is 3.05. The zero-order chi connectivity index (χ0) is 7.68. The summed E-state index contributed by atoms with van der Waals surface area (Å²) in [5.41, 5.74) is 2.72. The number of anilines is 1. The van der Waals surface area contributed by atoms with Crippen molar-refractivity contribution >= 4 is 5.82 Å². The number of pyridine rings is 1. The number of aryl methyl sites for hydroxylation is 2. The molecule has 1 N–H and O–H groups in total. The van der Waals surface area contributed by atoms with Gasteiger partial charge in [0.2, 0.25) is 0 Å². The van der Waals surface area contributed by atoms with Gasteiger partial charge in [-0.05, 0) is 30.9 Å². The van der Waals surface area contributed by atoms with Crippen molar-refractivity contribution in [3.8, 4) is 0 Å². The topological polar surface area (TPSA) is 24.9 Å². The third kappa shape index (κ3) is 1.09. The van der Waals surface area contributed by atoms with Gasteiger partial charge in [-0.25, -0.2) is 4.98 Å². The molecule has 0 saturated heterocycles. The summed E-state index contributed by atoms with van der Waals surface area (Å²) in [7, 11) is 1.91. The Morgan fingerprint density at radius 2 is 2.27 bits per heavy atom. The van der Waals surface area contributed by atoms with Crippen molar-refractivity contribution in [3.63, 3.8) is 0 Å². The Bertz CT molecular complexity index is 268. The maximum absolute atomic E-state index is 4.46. The average molecular weight is 148 g/mol. The molecule has 0 atom stereocenters. The number of aromatic nitrogens is 1. The Morgan fingerprint density at radius 1 is 1.36 bits per heavy atom. The molecule has 1 heterocycles. The second-order valence-corrected chi connectivity index (χ2v) is 2.91. The van der Waals surface area contributed by atoms with E-state index in [1.54, 1.807) is 0 Å². The number of nitrogens with zero attached hydrogens (tertiary/aromatic N) is 1. The molecule has 0 saturated carbocycles. The summed E-state index contributed by atoms with van der Waals surface area (Å²) in [6.45, 7) is 0. The fraction of sp³-hybridized carbons (Fsp3) is 0.444. The third-order valence-corrected chi connectivity index (χ3v) is 2.18. The highest BCUT2D eigenvalue weighted by Gasteiger charge is 2.11. The Kier molecular flexibility index (Phi) is 1.53. The molecule has 0 aromatic carbocycles. The molecule has 1 aromatic rings. The van der Waals surface area contributed by atoms with Crippen molar-refractivity contribution in [2.45, 2.75) is 19.3 Å². The second kappa shape index (κ2) is 2.53. The van der Waals surface area contributed by atoms with E-state index < -0.39 is 0 Å². The molecular weight excluding hydrogens is 136 g/mol. The van der Waals surface area contributed by atoms with Crippen LogP contribution in [0.1, 0.15) is 17.7 Å². The number of nitrogens with one attached hydrogen (secondary N) is 1. The number of fused-ring (bicyclic) bond motifs is 1. The first-order valence-electron chi connectivity index (χ1n) is 4.07. The van der Waals surface area contributed by atoms with Gasteiger partial charge in [0.05, 0.1) is 0 Å². The van der Waals surface area contributed by atoms with Crippen LogP contribution in [0.25, 0.3) is 0 Å². The van der Waals surface area contributed by atoms with Gasteiger partial charge in [0.25, 0.3) is 0 Å². The maximum Gasteiger partial charge on any atom is 0.125 e. The number of hydrogen-bond acceptors (Lipinski definition) is 2. The highest BCUT2D eigenvalue weighted by Crippen LogP contribution is 2.20. The normalized spacial score (nSPS) is 14.6. The quantitative estimate of drug-likeness (QED) is 0.654. The summed E-state index contributed by atoms with van der Waals surface area (Å²) in [4.78, 5) is 4.46. The zero-order valence-electron chi connectivity index (χ0n) is 6.72. The van der Waals surface area contributed by atoms with Crippen molar-refractivity contribution in [1.29, 1.82) is 0 Å². The van der Waals surface area contributed by atoms with Crippen molar-refractivity contribution in [1.82, 2.24) is 4.98 Å². The number of rotatable bonds is 1. The van der Waals surface area contributed by atoms with E-state index >= 15 is 0 Å². The minimum atomic E-state index is 0.991. The molecule has 2 nitrogen and oxygen atoms in total. The Labute approximate surface area is 66.7 Å². The van der Waals surface area contributed by atoms with E-state index in [1.807, 2.05) is 13.1 Å². The lowest BCUT2D eigenvalue weighted by molar-refractivity contribution is 0.900. The largest absolute Gasteiger partial charge is 0.373 e. The van der Waals surface area contributed by atoms with E-state index in [0.29, 0.717) is 0 Å². The number of hydrogen-bond donors (Lipinski definition) is 1. The van der Waals surface area contributed by atoms with Crippen molar-refractivity contribution in [2.24, 2.45) is 0 Å². The molecule has 0 amide bonds. The van der Waals surface area contributed by atoms with E-state index in [9.17, 15) is 0 Å². The Morgan fingerprint density at radius 3 is 3.09 bits per heavy atom. The van der Waals surface area contributed by atoms with E-state index in [2.05, 4.69) is 16.4 Å². The van der Waals surface area contributed by atoms with Crippen LogP contribution in [0.3, 0.4) is 0 Å². The molecule has 58 valence electrons. The molecule has 1 aromatic heterocycles. The first-order valence-corrected chi connectivity index (χ1v) is 4.07. The predicted octanol–water partition coefficient (Wildman–Crippen LogP) is 1.61. The molecule has 0 aliphatic heterocycles. The molecule has 2 heteroatoms. The second-order valence-electron chi connectivity index (χ2n) is 2.91. The van der Waals surface area contributed by atoms with Gasteiger partial charge in [-0.1, -0.05) is 6.07 Å². The first-order chi connectivity index (χ1) is 5.40. The summed E-state index contributed by atoms with van der Waals surface area (Å²) in [6.07, 6.45) is 3.65. The lowest BCUT2D eigenvalue weighted by Crippen LogP contribution is -1.95. The average Bonchev–Trinajstić information content (AvgIpc) is 2.50. The van der Waals surface area contributed by atoms with Crippen LogP contribution in [0.4, 0.5) is 5.82 Å². The lowest BCUT2D eigenvalue weighted by Gasteiger charge is -2.01. The SMILES string of the molecule is CNc1ccc2c(n1)CCC2. The fourth-order valence-electron chi connectivity index (χ4n) is 1.56. The zero-order valence-corrected chi connectivity index (χ0v) is 6.72. The van der Waals surface area contributed by atoms with Crippen LogP contribution >= 0.6 is 0 Å². The smallest absolute Gasteiger partial charge is 0.125 e.